The number of aromatic nitrogens is 1. The first-order valence-corrected chi connectivity index (χ1v) is 8.49. The van der Waals surface area contributed by atoms with Crippen molar-refractivity contribution < 1.29 is 4.79 Å². The maximum absolute atomic E-state index is 11.7. The lowest BCUT2D eigenvalue weighted by Crippen LogP contribution is -2.46. The number of nitrogens with one attached hydrogen (secondary N) is 1. The zero-order valence-electron chi connectivity index (χ0n) is 13.2. The van der Waals surface area contributed by atoms with Crippen molar-refractivity contribution in [2.75, 3.05) is 40.3 Å². The molecular formula is C15H26N4OS. The van der Waals surface area contributed by atoms with Crippen molar-refractivity contribution in [3.8, 4) is 0 Å². The van der Waals surface area contributed by atoms with Crippen molar-refractivity contribution in [2.24, 2.45) is 0 Å². The van der Waals surface area contributed by atoms with Crippen LogP contribution >= 0.6 is 11.3 Å². The van der Waals surface area contributed by atoms with E-state index in [2.05, 4.69) is 22.1 Å². The number of thiazole rings is 1. The summed E-state index contributed by atoms with van der Waals surface area (Å²) in [6.45, 7) is 5.76. The molecular weight excluding hydrogens is 284 g/mol. The Kier molecular flexibility index (Phi) is 6.14. The maximum atomic E-state index is 11.7. The Hall–Kier alpha value is -0.980. The average molecular weight is 310 g/mol. The van der Waals surface area contributed by atoms with Gasteiger partial charge in [0.2, 0.25) is 5.91 Å². The summed E-state index contributed by atoms with van der Waals surface area (Å²) < 4.78 is 0. The fourth-order valence-corrected chi connectivity index (χ4v) is 3.24. The summed E-state index contributed by atoms with van der Waals surface area (Å²) in [5.74, 6) is 0.664. The molecule has 1 aromatic heterocycles. The van der Waals surface area contributed by atoms with Gasteiger partial charge in [-0.15, -0.1) is 11.3 Å². The Labute approximate surface area is 131 Å². The number of likely N-dealkylation sites (N-methyl/N-ethyl adjacent to an activating group) is 1. The molecule has 1 aliphatic rings. The van der Waals surface area contributed by atoms with E-state index in [-0.39, 0.29) is 5.91 Å². The monoisotopic (exact) mass is 310 g/mol. The second-order valence-electron chi connectivity index (χ2n) is 6.02. The van der Waals surface area contributed by atoms with E-state index in [0.717, 1.165) is 32.5 Å². The van der Waals surface area contributed by atoms with Gasteiger partial charge in [0.15, 0.2) is 0 Å². The topological polar surface area (TPSA) is 48.5 Å². The van der Waals surface area contributed by atoms with Crippen molar-refractivity contribution in [1.82, 2.24) is 20.1 Å². The summed E-state index contributed by atoms with van der Waals surface area (Å²) in [6.07, 6.45) is 4.10. The molecule has 1 aromatic rings. The highest BCUT2D eigenvalue weighted by atomic mass is 32.1. The molecule has 0 spiro atoms. The summed E-state index contributed by atoms with van der Waals surface area (Å²) in [6, 6.07) is 0.568. The number of rotatable bonds is 6. The summed E-state index contributed by atoms with van der Waals surface area (Å²) in [5.41, 5.74) is 0. The predicted octanol–water partition coefficient (Wildman–Crippen LogP) is 1.39. The minimum Gasteiger partial charge on any atom is -0.348 e. The lowest BCUT2D eigenvalue weighted by Gasteiger charge is -2.33. The molecule has 0 bridgehead atoms. The fourth-order valence-electron chi connectivity index (χ4n) is 2.54. The molecule has 1 fully saturated rings. The van der Waals surface area contributed by atoms with Gasteiger partial charge in [0.05, 0.1) is 11.6 Å². The van der Waals surface area contributed by atoms with Crippen LogP contribution in [0.25, 0.3) is 0 Å². The van der Waals surface area contributed by atoms with E-state index in [1.165, 1.54) is 5.01 Å². The van der Waals surface area contributed by atoms with E-state index >= 15 is 0 Å². The smallest absolute Gasteiger partial charge is 0.236 e. The molecule has 1 unspecified atom stereocenters. The average Bonchev–Trinajstić information content (AvgIpc) is 3.00. The number of piperidine rings is 1. The van der Waals surface area contributed by atoms with Crippen LogP contribution in [0.5, 0.6) is 0 Å². The highest BCUT2D eigenvalue weighted by molar-refractivity contribution is 7.09. The number of hydrogen-bond acceptors (Lipinski definition) is 5. The summed E-state index contributed by atoms with van der Waals surface area (Å²) in [7, 11) is 3.63. The molecule has 1 atom stereocenters. The third-order valence-electron chi connectivity index (χ3n) is 4.03. The minimum absolute atomic E-state index is 0.193. The van der Waals surface area contributed by atoms with E-state index in [1.54, 1.807) is 16.2 Å². The molecule has 5 nitrogen and oxygen atoms in total. The third-order valence-corrected chi connectivity index (χ3v) is 5.04. The van der Waals surface area contributed by atoms with Gasteiger partial charge in [-0.25, -0.2) is 4.98 Å². The summed E-state index contributed by atoms with van der Waals surface area (Å²) in [5, 5.41) is 6.89. The van der Waals surface area contributed by atoms with E-state index in [0.29, 0.717) is 18.5 Å². The van der Waals surface area contributed by atoms with Gasteiger partial charge in [-0.2, -0.15) is 0 Å². The molecule has 0 saturated carbocycles. The highest BCUT2D eigenvalue weighted by Gasteiger charge is 2.21. The van der Waals surface area contributed by atoms with Crippen molar-refractivity contribution in [3.05, 3.63) is 16.6 Å². The first kappa shape index (κ1) is 16.4. The second kappa shape index (κ2) is 7.87. The molecule has 6 heteroatoms. The summed E-state index contributed by atoms with van der Waals surface area (Å²) in [4.78, 5) is 20.0. The number of carbonyl (C=O) groups excluding carboxylic acids is 1. The number of carbonyl (C=O) groups is 1. The maximum Gasteiger partial charge on any atom is 0.236 e. The molecule has 2 rings (SSSR count). The summed E-state index contributed by atoms with van der Waals surface area (Å²) >= 11 is 1.73. The van der Waals surface area contributed by atoms with Crippen LogP contribution in [0.4, 0.5) is 0 Å². The normalized spacial score (nSPS) is 18.6. The Morgan fingerprint density at radius 3 is 2.81 bits per heavy atom. The van der Waals surface area contributed by atoms with Crippen LogP contribution in [0.1, 0.15) is 30.7 Å². The van der Waals surface area contributed by atoms with Crippen LogP contribution in [0.2, 0.25) is 0 Å². The van der Waals surface area contributed by atoms with Crippen LogP contribution in [-0.4, -0.2) is 67.0 Å². The van der Waals surface area contributed by atoms with E-state index in [1.807, 2.05) is 25.7 Å². The van der Waals surface area contributed by atoms with Crippen molar-refractivity contribution in [3.63, 3.8) is 0 Å². The van der Waals surface area contributed by atoms with Crippen LogP contribution in [-0.2, 0) is 4.79 Å². The number of nitrogens with zero attached hydrogens (tertiary/aromatic N) is 3. The van der Waals surface area contributed by atoms with Gasteiger partial charge in [-0.05, 0) is 12.8 Å². The largest absolute Gasteiger partial charge is 0.348 e. The molecule has 118 valence electrons. The Morgan fingerprint density at radius 1 is 1.52 bits per heavy atom. The van der Waals surface area contributed by atoms with Crippen molar-refractivity contribution in [1.29, 1.82) is 0 Å². The van der Waals surface area contributed by atoms with Gasteiger partial charge in [0.1, 0.15) is 0 Å². The second-order valence-corrected chi connectivity index (χ2v) is 6.94. The first-order chi connectivity index (χ1) is 10.1. The molecule has 1 amide bonds. The Balaban J connectivity index is 1.66. The quantitative estimate of drug-likeness (QED) is 0.862. The molecule has 0 aliphatic carbocycles. The lowest BCUT2D eigenvalue weighted by molar-refractivity contribution is -0.130. The zero-order valence-corrected chi connectivity index (χ0v) is 14.0. The van der Waals surface area contributed by atoms with E-state index < -0.39 is 0 Å². The SMILES string of the molecule is CC(CNC1CCN(CC(=O)N(C)C)CC1)c1nccs1. The first-order valence-electron chi connectivity index (χ1n) is 7.61. The van der Waals surface area contributed by atoms with Crippen molar-refractivity contribution in [2.45, 2.75) is 31.7 Å². The lowest BCUT2D eigenvalue weighted by atomic mass is 10.0. The van der Waals surface area contributed by atoms with Gasteiger partial charge in [0.25, 0.3) is 0 Å². The van der Waals surface area contributed by atoms with Crippen LogP contribution in [0, 0.1) is 0 Å². The van der Waals surface area contributed by atoms with Crippen molar-refractivity contribution >= 4 is 17.2 Å². The molecule has 1 N–H and O–H groups in total. The van der Waals surface area contributed by atoms with E-state index in [9.17, 15) is 4.79 Å². The van der Waals surface area contributed by atoms with Gasteiger partial charge in [-0.1, -0.05) is 6.92 Å². The Bertz CT molecular complexity index is 427. The Morgan fingerprint density at radius 2 is 2.24 bits per heavy atom. The van der Waals surface area contributed by atoms with Gasteiger partial charge < -0.3 is 10.2 Å². The predicted molar refractivity (Wildman–Crippen MR) is 86.7 cm³/mol. The minimum atomic E-state index is 0.193. The van der Waals surface area contributed by atoms with Gasteiger partial charge in [0, 0.05) is 57.3 Å². The zero-order chi connectivity index (χ0) is 15.2. The van der Waals surface area contributed by atoms with Crippen LogP contribution < -0.4 is 5.32 Å². The van der Waals surface area contributed by atoms with Gasteiger partial charge >= 0.3 is 0 Å². The van der Waals surface area contributed by atoms with Crippen LogP contribution in [0.3, 0.4) is 0 Å². The molecule has 0 radical (unpaired) electrons. The third kappa shape index (κ3) is 5.05. The number of hydrogen-bond donors (Lipinski definition) is 1. The molecule has 21 heavy (non-hydrogen) atoms. The molecule has 2 heterocycles. The molecule has 1 saturated heterocycles. The number of amides is 1. The molecule has 1 aliphatic heterocycles. The fraction of sp³-hybridized carbons (Fsp3) is 0.733. The standard InChI is InChI=1S/C15H26N4OS/c1-12(15-16-6-9-21-15)10-17-13-4-7-19(8-5-13)11-14(20)18(2)3/h6,9,12-13,17H,4-5,7-8,10-11H2,1-3H3. The van der Waals surface area contributed by atoms with Crippen LogP contribution in [0.15, 0.2) is 11.6 Å². The van der Waals surface area contributed by atoms with Gasteiger partial charge in [-0.3, -0.25) is 9.69 Å². The van der Waals surface area contributed by atoms with E-state index in [4.69, 9.17) is 0 Å². The molecule has 0 aromatic carbocycles. The number of likely N-dealkylation sites (tertiary alicyclic amines) is 1. The highest BCUT2D eigenvalue weighted by Crippen LogP contribution is 2.18.